The molecule has 1 fully saturated rings. The number of anilines is 2. The Kier molecular flexibility index (Phi) is 9.28. The first-order valence-electron chi connectivity index (χ1n) is 12.1. The molecule has 0 saturated carbocycles. The Balaban J connectivity index is 1.58. The molecule has 1 heterocycles. The third-order valence-electron chi connectivity index (χ3n) is 6.51. The third kappa shape index (κ3) is 6.94. The summed E-state index contributed by atoms with van der Waals surface area (Å²) in [5.74, 6) is -0.609. The number of carboxylic acid groups (broad SMARTS) is 1. The van der Waals surface area contributed by atoms with Crippen LogP contribution in [-0.4, -0.2) is 46.6 Å². The summed E-state index contributed by atoms with van der Waals surface area (Å²) >= 11 is 0. The number of carbonyl (C=O) groups excluding carboxylic acids is 1. The summed E-state index contributed by atoms with van der Waals surface area (Å²) in [5.41, 5.74) is 4.11. The van der Waals surface area contributed by atoms with Crippen LogP contribution in [0.4, 0.5) is 11.4 Å². The number of hydrogen-bond acceptors (Lipinski definition) is 4. The van der Waals surface area contributed by atoms with E-state index in [1.807, 2.05) is 54.4 Å². The van der Waals surface area contributed by atoms with E-state index in [-0.39, 0.29) is 18.4 Å². The highest BCUT2D eigenvalue weighted by molar-refractivity contribution is 5.79. The van der Waals surface area contributed by atoms with Crippen molar-refractivity contribution in [2.75, 3.05) is 18.5 Å². The highest BCUT2D eigenvalue weighted by Crippen LogP contribution is 2.29. The largest absolute Gasteiger partial charge is 0.481 e. The molecule has 3 rings (SSSR count). The van der Waals surface area contributed by atoms with E-state index in [1.54, 1.807) is 6.08 Å². The van der Waals surface area contributed by atoms with Crippen LogP contribution >= 0.6 is 0 Å². The number of carboxylic acids is 1. The average Bonchev–Trinajstić information content (AvgIpc) is 3.18. The van der Waals surface area contributed by atoms with Gasteiger partial charge in [-0.3, -0.25) is 9.59 Å². The van der Waals surface area contributed by atoms with Gasteiger partial charge in [-0.1, -0.05) is 55.3 Å². The molecule has 2 aromatic carbocycles. The molecule has 0 aliphatic carbocycles. The van der Waals surface area contributed by atoms with Crippen LogP contribution in [0.3, 0.4) is 0 Å². The van der Waals surface area contributed by atoms with Crippen LogP contribution in [-0.2, 0) is 9.59 Å². The molecule has 2 aromatic rings. The maximum atomic E-state index is 12.3. The number of nitrogens with zero attached hydrogens (tertiary/aromatic N) is 2. The molecule has 0 bridgehead atoms. The second kappa shape index (κ2) is 12.4. The van der Waals surface area contributed by atoms with Gasteiger partial charge in [0.05, 0.1) is 12.1 Å². The average molecular weight is 465 g/mol. The summed E-state index contributed by atoms with van der Waals surface area (Å²) in [6.07, 6.45) is 7.80. The molecule has 1 aliphatic heterocycles. The predicted molar refractivity (Wildman–Crippen MR) is 135 cm³/mol. The van der Waals surface area contributed by atoms with Gasteiger partial charge in [0.1, 0.15) is 0 Å². The van der Waals surface area contributed by atoms with E-state index in [4.69, 9.17) is 5.11 Å². The van der Waals surface area contributed by atoms with Gasteiger partial charge in [0, 0.05) is 37.8 Å². The zero-order valence-corrected chi connectivity index (χ0v) is 20.2. The van der Waals surface area contributed by atoms with E-state index in [1.165, 1.54) is 5.56 Å². The number of aliphatic carboxylic acids is 1. The number of aliphatic hydroxyl groups is 1. The molecule has 0 radical (unpaired) electrons. The number of carbonyl (C=O) groups is 2. The van der Waals surface area contributed by atoms with Crippen molar-refractivity contribution >= 4 is 23.3 Å². The van der Waals surface area contributed by atoms with Crippen molar-refractivity contribution in [1.82, 2.24) is 4.90 Å². The van der Waals surface area contributed by atoms with Crippen molar-refractivity contribution in [2.24, 2.45) is 0 Å². The predicted octanol–water partition coefficient (Wildman–Crippen LogP) is 5.38. The monoisotopic (exact) mass is 464 g/mol. The minimum absolute atomic E-state index is 0.000931. The topological polar surface area (TPSA) is 81.1 Å². The number of aryl methyl sites for hydroxylation is 1. The van der Waals surface area contributed by atoms with Crippen LogP contribution in [0.25, 0.3) is 0 Å². The number of unbranched alkanes of at least 4 members (excludes halogenated alkanes) is 3. The number of rotatable bonds is 12. The molecular formula is C28H36N2O4. The standard InChI is InChI=1S/C28H36N2O4/c1-21-10-6-7-13-25(21)29(2)24-12-9-11-22(20-24)26(31)17-15-23-16-18-27(32)30(23)19-8-4-3-5-14-28(33)34/h6-7,9-13,15,17,20,23,26,31H,3-5,8,14,16,18-19H2,1-2H3,(H,33,34)/t23?,26-/m1/s1. The lowest BCUT2D eigenvalue weighted by atomic mass is 10.1. The molecule has 2 N–H and O–H groups in total. The number of amides is 1. The van der Waals surface area contributed by atoms with E-state index in [0.717, 1.165) is 42.6 Å². The molecule has 6 nitrogen and oxygen atoms in total. The second-order valence-electron chi connectivity index (χ2n) is 9.02. The normalized spacial score (nSPS) is 16.9. The van der Waals surface area contributed by atoms with E-state index < -0.39 is 12.1 Å². The summed E-state index contributed by atoms with van der Waals surface area (Å²) in [4.78, 5) is 26.9. The highest BCUT2D eigenvalue weighted by Gasteiger charge is 2.28. The van der Waals surface area contributed by atoms with E-state index in [9.17, 15) is 14.7 Å². The summed E-state index contributed by atoms with van der Waals surface area (Å²) in [6.45, 7) is 2.76. The quantitative estimate of drug-likeness (QED) is 0.326. The van der Waals surface area contributed by atoms with Crippen LogP contribution in [0.2, 0.25) is 0 Å². The Morgan fingerprint density at radius 3 is 2.68 bits per heavy atom. The Labute approximate surface area is 202 Å². The van der Waals surface area contributed by atoms with Gasteiger partial charge in [0.15, 0.2) is 0 Å². The third-order valence-corrected chi connectivity index (χ3v) is 6.51. The molecule has 1 aliphatic rings. The maximum Gasteiger partial charge on any atom is 0.303 e. The van der Waals surface area contributed by atoms with Gasteiger partial charge in [-0.05, 0) is 55.5 Å². The number of benzene rings is 2. The van der Waals surface area contributed by atoms with Gasteiger partial charge >= 0.3 is 5.97 Å². The highest BCUT2D eigenvalue weighted by atomic mass is 16.4. The Morgan fingerprint density at radius 2 is 1.91 bits per heavy atom. The lowest BCUT2D eigenvalue weighted by molar-refractivity contribution is -0.137. The van der Waals surface area contributed by atoms with Gasteiger partial charge in [-0.15, -0.1) is 0 Å². The zero-order valence-electron chi connectivity index (χ0n) is 20.2. The fraction of sp³-hybridized carbons (Fsp3) is 0.429. The summed E-state index contributed by atoms with van der Waals surface area (Å²) in [5, 5.41) is 19.5. The van der Waals surface area contributed by atoms with Crippen molar-refractivity contribution in [3.05, 3.63) is 71.8 Å². The molecule has 2 atom stereocenters. The first-order chi connectivity index (χ1) is 16.4. The van der Waals surface area contributed by atoms with Crippen LogP contribution in [0, 0.1) is 6.92 Å². The zero-order chi connectivity index (χ0) is 24.5. The van der Waals surface area contributed by atoms with Crippen molar-refractivity contribution in [1.29, 1.82) is 0 Å². The van der Waals surface area contributed by atoms with Crippen LogP contribution in [0.1, 0.15) is 62.2 Å². The Bertz CT molecular complexity index is 1000. The molecule has 1 amide bonds. The first-order valence-corrected chi connectivity index (χ1v) is 12.1. The summed E-state index contributed by atoms with van der Waals surface area (Å²) in [7, 11) is 2.02. The molecule has 6 heteroatoms. The SMILES string of the molecule is Cc1ccccc1N(C)c1cccc([C@H](O)C=CC2CCC(=O)N2CCCCCCC(=O)O)c1. The van der Waals surface area contributed by atoms with Gasteiger partial charge in [0.25, 0.3) is 0 Å². The minimum Gasteiger partial charge on any atom is -0.481 e. The molecule has 34 heavy (non-hydrogen) atoms. The fourth-order valence-electron chi connectivity index (χ4n) is 4.50. The van der Waals surface area contributed by atoms with E-state index in [2.05, 4.69) is 24.0 Å². The van der Waals surface area contributed by atoms with Crippen molar-refractivity contribution in [2.45, 2.75) is 64.0 Å². The number of para-hydroxylation sites is 1. The van der Waals surface area contributed by atoms with Gasteiger partial charge in [-0.2, -0.15) is 0 Å². The van der Waals surface area contributed by atoms with E-state index in [0.29, 0.717) is 19.4 Å². The van der Waals surface area contributed by atoms with Gasteiger partial charge in [0.2, 0.25) is 5.91 Å². The van der Waals surface area contributed by atoms with Gasteiger partial charge in [-0.25, -0.2) is 0 Å². The van der Waals surface area contributed by atoms with E-state index >= 15 is 0 Å². The number of hydrogen-bond donors (Lipinski definition) is 2. The minimum atomic E-state index is -0.758. The second-order valence-corrected chi connectivity index (χ2v) is 9.02. The maximum absolute atomic E-state index is 12.3. The van der Waals surface area contributed by atoms with Crippen molar-refractivity contribution in [3.63, 3.8) is 0 Å². The summed E-state index contributed by atoms with van der Waals surface area (Å²) in [6, 6.07) is 16.1. The van der Waals surface area contributed by atoms with Crippen LogP contribution < -0.4 is 4.90 Å². The molecule has 0 spiro atoms. The Morgan fingerprint density at radius 1 is 1.15 bits per heavy atom. The summed E-state index contributed by atoms with van der Waals surface area (Å²) < 4.78 is 0. The lowest BCUT2D eigenvalue weighted by Gasteiger charge is -2.23. The fourth-order valence-corrected chi connectivity index (χ4v) is 4.50. The number of aliphatic hydroxyl groups excluding tert-OH is 1. The molecule has 1 saturated heterocycles. The molecule has 182 valence electrons. The van der Waals surface area contributed by atoms with Crippen molar-refractivity contribution < 1.29 is 19.8 Å². The van der Waals surface area contributed by atoms with Crippen LogP contribution in [0.15, 0.2) is 60.7 Å². The molecule has 1 unspecified atom stereocenters. The molecule has 0 aromatic heterocycles. The van der Waals surface area contributed by atoms with Crippen molar-refractivity contribution in [3.8, 4) is 0 Å². The van der Waals surface area contributed by atoms with Crippen LogP contribution in [0.5, 0.6) is 0 Å². The lowest BCUT2D eigenvalue weighted by Crippen LogP contribution is -2.32. The smallest absolute Gasteiger partial charge is 0.303 e. The Hall–Kier alpha value is -3.12. The van der Waals surface area contributed by atoms with Gasteiger partial charge < -0.3 is 20.0 Å². The first kappa shape index (κ1) is 25.5. The number of likely N-dealkylation sites (tertiary alicyclic amines) is 1. The molecular weight excluding hydrogens is 428 g/mol.